The Kier molecular flexibility index (Phi) is 8.33. The first kappa shape index (κ1) is 14.4. The Bertz CT molecular complexity index is 174. The van der Waals surface area contributed by atoms with E-state index < -0.39 is 0 Å². The number of amides is 1. The van der Waals surface area contributed by atoms with E-state index in [4.69, 9.17) is 10.5 Å². The second kappa shape index (κ2) is 8.68. The molecule has 90 valence electrons. The number of hydrogen-bond acceptors (Lipinski definition) is 3. The summed E-state index contributed by atoms with van der Waals surface area (Å²) in [7, 11) is 1.65. The number of nitrogens with zero attached hydrogens (tertiary/aromatic N) is 1. The van der Waals surface area contributed by atoms with Crippen LogP contribution < -0.4 is 5.73 Å². The predicted molar refractivity (Wildman–Crippen MR) is 61.6 cm³/mol. The zero-order chi connectivity index (χ0) is 11.7. The van der Waals surface area contributed by atoms with Crippen LogP contribution >= 0.6 is 0 Å². The molecule has 0 aliphatic rings. The molecule has 0 fully saturated rings. The molecule has 0 aromatic heterocycles. The van der Waals surface area contributed by atoms with E-state index in [9.17, 15) is 4.79 Å². The molecule has 0 bridgehead atoms. The van der Waals surface area contributed by atoms with Gasteiger partial charge in [-0.2, -0.15) is 0 Å². The van der Waals surface area contributed by atoms with Gasteiger partial charge in [-0.3, -0.25) is 4.79 Å². The molecule has 0 aromatic carbocycles. The van der Waals surface area contributed by atoms with Crippen molar-refractivity contribution in [2.45, 2.75) is 26.7 Å². The first-order valence-corrected chi connectivity index (χ1v) is 5.62. The van der Waals surface area contributed by atoms with Crippen LogP contribution in [0, 0.1) is 5.92 Å². The average Bonchev–Trinajstić information content (AvgIpc) is 2.25. The molecule has 1 unspecified atom stereocenters. The Morgan fingerprint density at radius 1 is 1.53 bits per heavy atom. The predicted octanol–water partition coefficient (Wildman–Crippen LogP) is 0.856. The van der Waals surface area contributed by atoms with Crippen LogP contribution in [-0.4, -0.2) is 44.2 Å². The van der Waals surface area contributed by atoms with Gasteiger partial charge in [0.05, 0.1) is 0 Å². The molecule has 15 heavy (non-hydrogen) atoms. The zero-order valence-corrected chi connectivity index (χ0v) is 10.2. The highest BCUT2D eigenvalue weighted by atomic mass is 16.5. The van der Waals surface area contributed by atoms with Gasteiger partial charge in [0.25, 0.3) is 0 Å². The summed E-state index contributed by atoms with van der Waals surface area (Å²) in [4.78, 5) is 13.6. The van der Waals surface area contributed by atoms with Crippen molar-refractivity contribution in [3.63, 3.8) is 0 Å². The average molecular weight is 216 g/mol. The van der Waals surface area contributed by atoms with Crippen molar-refractivity contribution >= 4 is 5.91 Å². The first-order chi connectivity index (χ1) is 7.15. The van der Waals surface area contributed by atoms with Crippen LogP contribution in [-0.2, 0) is 9.53 Å². The fourth-order valence-electron chi connectivity index (χ4n) is 1.38. The molecular formula is C11H24N2O2. The fourth-order valence-corrected chi connectivity index (χ4v) is 1.38. The maximum absolute atomic E-state index is 11.7. The van der Waals surface area contributed by atoms with E-state index in [1.54, 1.807) is 7.11 Å². The monoisotopic (exact) mass is 216 g/mol. The van der Waals surface area contributed by atoms with Gasteiger partial charge in [0, 0.05) is 33.2 Å². The summed E-state index contributed by atoms with van der Waals surface area (Å²) in [6.45, 7) is 6.86. The molecular weight excluding hydrogens is 192 g/mol. The Labute approximate surface area is 92.8 Å². The first-order valence-electron chi connectivity index (χ1n) is 5.62. The summed E-state index contributed by atoms with van der Waals surface area (Å²) < 4.78 is 4.92. The van der Waals surface area contributed by atoms with E-state index in [1.807, 2.05) is 11.8 Å². The molecule has 0 spiro atoms. The van der Waals surface area contributed by atoms with E-state index >= 15 is 0 Å². The highest BCUT2D eigenvalue weighted by molar-refractivity contribution is 5.76. The molecule has 0 saturated heterocycles. The van der Waals surface area contributed by atoms with Crippen molar-refractivity contribution in [2.24, 2.45) is 11.7 Å². The number of ether oxygens (including phenoxy) is 1. The van der Waals surface area contributed by atoms with Gasteiger partial charge in [0.1, 0.15) is 0 Å². The number of rotatable bonds is 8. The summed E-state index contributed by atoms with van der Waals surface area (Å²) >= 11 is 0. The molecule has 0 aliphatic heterocycles. The summed E-state index contributed by atoms with van der Waals surface area (Å²) in [6, 6.07) is 0. The zero-order valence-electron chi connectivity index (χ0n) is 10.2. The molecule has 1 amide bonds. The van der Waals surface area contributed by atoms with Gasteiger partial charge < -0.3 is 15.4 Å². The van der Waals surface area contributed by atoms with Crippen LogP contribution in [0.5, 0.6) is 0 Å². The Morgan fingerprint density at radius 2 is 2.20 bits per heavy atom. The number of hydrogen-bond donors (Lipinski definition) is 1. The molecule has 4 heteroatoms. The maximum atomic E-state index is 11.7. The van der Waals surface area contributed by atoms with E-state index in [2.05, 4.69) is 6.92 Å². The van der Waals surface area contributed by atoms with Crippen molar-refractivity contribution in [1.29, 1.82) is 0 Å². The second-order valence-electron chi connectivity index (χ2n) is 3.87. The molecule has 0 aromatic rings. The molecule has 1 atom stereocenters. The SMILES string of the molecule is CCN(CC(C)CN)C(=O)CCCOC. The van der Waals surface area contributed by atoms with Gasteiger partial charge in [0.2, 0.25) is 5.91 Å². The van der Waals surface area contributed by atoms with Crippen LogP contribution in [0.25, 0.3) is 0 Å². The highest BCUT2D eigenvalue weighted by Crippen LogP contribution is 2.02. The molecule has 0 aliphatic carbocycles. The molecule has 0 saturated carbocycles. The standard InChI is InChI=1S/C11H24N2O2/c1-4-13(9-10(2)8-12)11(14)6-5-7-15-3/h10H,4-9,12H2,1-3H3. The number of carbonyl (C=O) groups is 1. The minimum absolute atomic E-state index is 0.204. The summed E-state index contributed by atoms with van der Waals surface area (Å²) in [5.74, 6) is 0.575. The molecule has 4 nitrogen and oxygen atoms in total. The Hall–Kier alpha value is -0.610. The lowest BCUT2D eigenvalue weighted by Crippen LogP contribution is -2.36. The largest absolute Gasteiger partial charge is 0.385 e. The lowest BCUT2D eigenvalue weighted by Gasteiger charge is -2.24. The highest BCUT2D eigenvalue weighted by Gasteiger charge is 2.13. The van der Waals surface area contributed by atoms with Gasteiger partial charge in [-0.25, -0.2) is 0 Å². The van der Waals surface area contributed by atoms with Crippen molar-refractivity contribution in [1.82, 2.24) is 4.90 Å². The molecule has 0 heterocycles. The van der Waals surface area contributed by atoms with Crippen molar-refractivity contribution in [3.05, 3.63) is 0 Å². The van der Waals surface area contributed by atoms with E-state index in [-0.39, 0.29) is 5.91 Å². The second-order valence-corrected chi connectivity index (χ2v) is 3.87. The Morgan fingerprint density at radius 3 is 2.67 bits per heavy atom. The van der Waals surface area contributed by atoms with Crippen molar-refractivity contribution in [3.8, 4) is 0 Å². The minimum Gasteiger partial charge on any atom is -0.385 e. The van der Waals surface area contributed by atoms with E-state index in [0.29, 0.717) is 25.5 Å². The lowest BCUT2D eigenvalue weighted by atomic mass is 10.1. The number of carbonyl (C=O) groups excluding carboxylic acids is 1. The van der Waals surface area contributed by atoms with E-state index in [1.165, 1.54) is 0 Å². The van der Waals surface area contributed by atoms with Gasteiger partial charge in [0.15, 0.2) is 0 Å². The maximum Gasteiger partial charge on any atom is 0.222 e. The topological polar surface area (TPSA) is 55.6 Å². The quantitative estimate of drug-likeness (QED) is 0.612. The third-order valence-corrected chi connectivity index (χ3v) is 2.41. The fraction of sp³-hybridized carbons (Fsp3) is 0.909. The number of methoxy groups -OCH3 is 1. The lowest BCUT2D eigenvalue weighted by molar-refractivity contribution is -0.131. The summed E-state index contributed by atoms with van der Waals surface area (Å²) in [5, 5.41) is 0. The van der Waals surface area contributed by atoms with Gasteiger partial charge in [-0.15, -0.1) is 0 Å². The number of nitrogens with two attached hydrogens (primary N) is 1. The third kappa shape index (κ3) is 6.47. The van der Waals surface area contributed by atoms with Gasteiger partial charge >= 0.3 is 0 Å². The van der Waals surface area contributed by atoms with Crippen LogP contribution in [0.3, 0.4) is 0 Å². The summed E-state index contributed by atoms with van der Waals surface area (Å²) in [5.41, 5.74) is 5.54. The van der Waals surface area contributed by atoms with Crippen molar-refractivity contribution < 1.29 is 9.53 Å². The van der Waals surface area contributed by atoms with Crippen molar-refractivity contribution in [2.75, 3.05) is 33.4 Å². The Balaban J connectivity index is 3.88. The van der Waals surface area contributed by atoms with Crippen LogP contribution in [0.4, 0.5) is 0 Å². The summed E-state index contributed by atoms with van der Waals surface area (Å²) in [6.07, 6.45) is 1.36. The third-order valence-electron chi connectivity index (χ3n) is 2.41. The smallest absolute Gasteiger partial charge is 0.222 e. The van der Waals surface area contributed by atoms with Gasteiger partial charge in [-0.1, -0.05) is 6.92 Å². The van der Waals surface area contributed by atoms with Crippen LogP contribution in [0.1, 0.15) is 26.7 Å². The van der Waals surface area contributed by atoms with E-state index in [0.717, 1.165) is 19.5 Å². The normalized spacial score (nSPS) is 12.5. The van der Waals surface area contributed by atoms with Crippen LogP contribution in [0.15, 0.2) is 0 Å². The molecule has 0 rings (SSSR count). The van der Waals surface area contributed by atoms with Gasteiger partial charge in [-0.05, 0) is 25.8 Å². The minimum atomic E-state index is 0.204. The van der Waals surface area contributed by atoms with Crippen LogP contribution in [0.2, 0.25) is 0 Å². The molecule has 2 N–H and O–H groups in total. The molecule has 0 radical (unpaired) electrons.